The molecule has 3 unspecified atom stereocenters. The van der Waals surface area contributed by atoms with E-state index in [-0.39, 0.29) is 0 Å². The lowest BCUT2D eigenvalue weighted by molar-refractivity contribution is -0.0389. The Morgan fingerprint density at radius 3 is 2.48 bits per heavy atom. The van der Waals surface area contributed by atoms with E-state index in [0.29, 0.717) is 51.5 Å². The van der Waals surface area contributed by atoms with Crippen molar-refractivity contribution >= 4 is 47.2 Å². The first-order chi connectivity index (χ1) is 19.3. The highest BCUT2D eigenvalue weighted by molar-refractivity contribution is 7.70. The van der Waals surface area contributed by atoms with Crippen molar-refractivity contribution < 1.29 is 9.30 Å². The van der Waals surface area contributed by atoms with Crippen molar-refractivity contribution in [2.24, 2.45) is 0 Å². The number of nitrogens with zero attached hydrogens (tertiary/aromatic N) is 4. The molecule has 0 amide bonds. The molecule has 2 N–H and O–H groups in total. The number of nitrogens with one attached hydrogen (secondary N) is 2. The topological polar surface area (TPSA) is 103 Å². The number of hydrogen-bond donors (Lipinski definition) is 2. The van der Waals surface area contributed by atoms with Gasteiger partial charge in [-0.3, -0.25) is 4.90 Å². The third kappa shape index (κ3) is 5.62. The van der Waals surface area contributed by atoms with Crippen LogP contribution in [-0.2, 0) is 22.1 Å². The summed E-state index contributed by atoms with van der Waals surface area (Å²) >= 11 is 6.44. The van der Waals surface area contributed by atoms with Gasteiger partial charge in [-0.2, -0.15) is 10.2 Å². The highest BCUT2D eigenvalue weighted by Crippen LogP contribution is 2.39. The number of fused-ring (bicyclic) bond motifs is 3. The fourth-order valence-electron chi connectivity index (χ4n) is 6.45. The van der Waals surface area contributed by atoms with Gasteiger partial charge in [-0.1, -0.05) is 17.7 Å². The predicted molar refractivity (Wildman–Crippen MR) is 160 cm³/mol. The molecule has 2 fully saturated rings. The summed E-state index contributed by atoms with van der Waals surface area (Å²) in [4.78, 5) is 11.8. The van der Waals surface area contributed by atoms with Crippen LogP contribution >= 0.6 is 18.7 Å². The molecule has 8 nitrogen and oxygen atoms in total. The van der Waals surface area contributed by atoms with Crippen molar-refractivity contribution in [3.8, 4) is 6.07 Å². The molecule has 1 aromatic heterocycles. The van der Waals surface area contributed by atoms with E-state index in [0.717, 1.165) is 31.7 Å². The lowest BCUT2D eigenvalue weighted by Crippen LogP contribution is -2.51. The van der Waals surface area contributed by atoms with Crippen LogP contribution in [0.1, 0.15) is 42.4 Å². The van der Waals surface area contributed by atoms with Gasteiger partial charge in [0.25, 0.3) is 0 Å². The zero-order chi connectivity index (χ0) is 27.9. The number of hydrogen-bond acceptors (Lipinski definition) is 8. The van der Waals surface area contributed by atoms with Gasteiger partial charge in [0.05, 0.1) is 36.7 Å². The van der Waals surface area contributed by atoms with Crippen molar-refractivity contribution in [1.29, 1.82) is 5.26 Å². The van der Waals surface area contributed by atoms with E-state index < -0.39 is 7.14 Å². The molecule has 3 atom stereocenters. The smallest absolute Gasteiger partial charge is 0.229 e. The van der Waals surface area contributed by atoms with Gasteiger partial charge in [0.15, 0.2) is 5.82 Å². The largest absolute Gasteiger partial charge is 0.378 e. The summed E-state index contributed by atoms with van der Waals surface area (Å²) in [6, 6.07) is 15.5. The molecule has 0 radical (unpaired) electrons. The standard InChI is InChI=1S/C30H34ClN6O2P/c1-40(2,38)28-13-19(15-32)3-12-27(28)35-29-26(31)16-33-30(36-29)34-22-7-4-20-5-8-23(9-6-21(20)14-22)37-24-10-11-25(37)18-39-17-24/h3-4,7,12-14,16,23-25H,5-6,8-11,17-18H2,1-2H3,(H2,33,34,35,36). The van der Waals surface area contributed by atoms with Crippen LogP contribution in [0, 0.1) is 11.3 Å². The summed E-state index contributed by atoms with van der Waals surface area (Å²) in [7, 11) is -2.67. The summed E-state index contributed by atoms with van der Waals surface area (Å²) in [6.07, 6.45) is 8.59. The minimum absolute atomic E-state index is 0.341. The maximum Gasteiger partial charge on any atom is 0.229 e. The minimum atomic E-state index is -2.67. The van der Waals surface area contributed by atoms with E-state index in [1.807, 2.05) is 0 Å². The Balaban J connectivity index is 1.18. The minimum Gasteiger partial charge on any atom is -0.378 e. The number of aromatic nitrogens is 2. The second-order valence-electron chi connectivity index (χ2n) is 11.4. The maximum atomic E-state index is 12.9. The fourth-order valence-corrected chi connectivity index (χ4v) is 7.75. The molecule has 0 saturated carbocycles. The van der Waals surface area contributed by atoms with Crippen molar-refractivity contribution in [3.63, 3.8) is 0 Å². The zero-order valence-corrected chi connectivity index (χ0v) is 24.5. The fraction of sp³-hybridized carbons (Fsp3) is 0.433. The predicted octanol–water partition coefficient (Wildman–Crippen LogP) is 5.85. The average Bonchev–Trinajstić information content (AvgIpc) is 3.08. The molecule has 2 bridgehead atoms. The Bertz CT molecular complexity index is 1500. The summed E-state index contributed by atoms with van der Waals surface area (Å²) in [5, 5.41) is 16.8. The van der Waals surface area contributed by atoms with Gasteiger partial charge in [-0.05, 0) is 93.3 Å². The highest BCUT2D eigenvalue weighted by atomic mass is 35.5. The van der Waals surface area contributed by atoms with Crippen LogP contribution < -0.4 is 15.9 Å². The van der Waals surface area contributed by atoms with Crippen LogP contribution in [0.25, 0.3) is 0 Å². The monoisotopic (exact) mass is 576 g/mol. The van der Waals surface area contributed by atoms with Crippen LogP contribution in [0.5, 0.6) is 0 Å². The van der Waals surface area contributed by atoms with Crippen molar-refractivity contribution in [2.75, 3.05) is 37.2 Å². The van der Waals surface area contributed by atoms with Gasteiger partial charge >= 0.3 is 0 Å². The first-order valence-corrected chi connectivity index (χ1v) is 16.9. The van der Waals surface area contributed by atoms with Crippen LogP contribution in [-0.4, -0.2) is 59.5 Å². The first kappa shape index (κ1) is 27.2. The van der Waals surface area contributed by atoms with E-state index in [1.165, 1.54) is 36.8 Å². The number of aryl methyl sites for hydroxylation is 2. The van der Waals surface area contributed by atoms with Gasteiger partial charge in [0.1, 0.15) is 12.2 Å². The number of rotatable bonds is 6. The highest BCUT2D eigenvalue weighted by Gasteiger charge is 2.41. The summed E-state index contributed by atoms with van der Waals surface area (Å²) in [6.45, 7) is 5.12. The van der Waals surface area contributed by atoms with Crippen molar-refractivity contribution in [3.05, 3.63) is 64.3 Å². The number of nitriles is 1. The van der Waals surface area contributed by atoms with Gasteiger partial charge in [-0.25, -0.2) is 4.98 Å². The van der Waals surface area contributed by atoms with E-state index in [4.69, 9.17) is 16.3 Å². The van der Waals surface area contributed by atoms with E-state index in [2.05, 4.69) is 49.8 Å². The summed E-state index contributed by atoms with van der Waals surface area (Å²) < 4.78 is 18.8. The molecule has 40 heavy (non-hydrogen) atoms. The second kappa shape index (κ2) is 11.1. The first-order valence-electron chi connectivity index (χ1n) is 13.9. The molecule has 0 spiro atoms. The van der Waals surface area contributed by atoms with Crippen LogP contribution in [0.2, 0.25) is 5.02 Å². The van der Waals surface area contributed by atoms with Crippen molar-refractivity contribution in [1.82, 2.24) is 14.9 Å². The zero-order valence-electron chi connectivity index (χ0n) is 22.9. The van der Waals surface area contributed by atoms with Crippen LogP contribution in [0.4, 0.5) is 23.1 Å². The number of morpholine rings is 1. The molecular formula is C30H34ClN6O2P. The molecule has 208 valence electrons. The molecule has 2 aliphatic heterocycles. The second-order valence-corrected chi connectivity index (χ2v) is 15.0. The summed E-state index contributed by atoms with van der Waals surface area (Å²) in [5.41, 5.74) is 4.79. The molecule has 2 saturated heterocycles. The van der Waals surface area contributed by atoms with Crippen LogP contribution in [0.3, 0.4) is 0 Å². The Morgan fingerprint density at radius 1 is 1.00 bits per heavy atom. The molecule has 10 heteroatoms. The van der Waals surface area contributed by atoms with Crippen molar-refractivity contribution in [2.45, 2.75) is 56.7 Å². The average molecular weight is 577 g/mol. The van der Waals surface area contributed by atoms with Gasteiger partial charge in [-0.15, -0.1) is 0 Å². The van der Waals surface area contributed by atoms with Gasteiger partial charge < -0.3 is 19.9 Å². The van der Waals surface area contributed by atoms with Gasteiger partial charge in [0, 0.05) is 29.1 Å². The van der Waals surface area contributed by atoms with Crippen LogP contribution in [0.15, 0.2) is 42.6 Å². The Hall–Kier alpha value is -2.95. The molecule has 3 heterocycles. The number of ether oxygens (including phenoxy) is 1. The Labute approximate surface area is 240 Å². The third-order valence-electron chi connectivity index (χ3n) is 8.38. The normalized spacial score (nSPS) is 22.7. The number of halogens is 1. The van der Waals surface area contributed by atoms with Gasteiger partial charge in [0.2, 0.25) is 5.95 Å². The molecule has 1 aliphatic carbocycles. The number of benzene rings is 2. The SMILES string of the molecule is CP(C)(=O)c1cc(C#N)ccc1Nc1nc(Nc2ccc3c(c2)CCC(N2C4CCC2COC4)CC3)ncc1Cl. The molecule has 6 rings (SSSR count). The quantitative estimate of drug-likeness (QED) is 0.278. The number of anilines is 4. The lowest BCUT2D eigenvalue weighted by Gasteiger charge is -2.40. The Kier molecular flexibility index (Phi) is 7.58. The van der Waals surface area contributed by atoms with E-state index in [9.17, 15) is 9.83 Å². The molecular weight excluding hydrogens is 543 g/mol. The molecule has 2 aromatic carbocycles. The lowest BCUT2D eigenvalue weighted by atomic mass is 10.0. The third-order valence-corrected chi connectivity index (χ3v) is 10.2. The molecule has 3 aliphatic rings. The maximum absolute atomic E-state index is 12.9. The van der Waals surface area contributed by atoms with E-state index in [1.54, 1.807) is 37.7 Å². The van der Waals surface area contributed by atoms with E-state index >= 15 is 0 Å². The summed E-state index contributed by atoms with van der Waals surface area (Å²) in [5.74, 6) is 0.811. The Morgan fingerprint density at radius 2 is 1.75 bits per heavy atom. The molecule has 3 aromatic rings.